The molecule has 0 saturated heterocycles. The van der Waals surface area contributed by atoms with Crippen LogP contribution in [0, 0.1) is 18.8 Å². The van der Waals surface area contributed by atoms with Crippen LogP contribution in [0.5, 0.6) is 0 Å². The predicted molar refractivity (Wildman–Crippen MR) is 155 cm³/mol. The van der Waals surface area contributed by atoms with Gasteiger partial charge in [0.1, 0.15) is 11.4 Å². The maximum Gasteiger partial charge on any atom is 0.267 e. The number of carbonyl (C=O) groups excluding carboxylic acids is 2. The lowest BCUT2D eigenvalue weighted by molar-refractivity contribution is -0.113. The van der Waals surface area contributed by atoms with E-state index in [0.717, 1.165) is 0 Å². The number of benzene rings is 2. The second-order valence-corrected chi connectivity index (χ2v) is 9.61. The van der Waals surface area contributed by atoms with Crippen molar-refractivity contribution in [1.82, 2.24) is 29.5 Å². The summed E-state index contributed by atoms with van der Waals surface area (Å²) < 4.78 is 3.06. The SMILES string of the molecule is Cc1nn2cccnc2c1C(=O)N[C@H](C)c1nc2cccc(C#CC3=CC(=O)CC=C3)c2c(=O)n1-c1ccccc1. The van der Waals surface area contributed by atoms with Crippen LogP contribution >= 0.6 is 0 Å². The monoisotopic (exact) mass is 540 g/mol. The Morgan fingerprint density at radius 2 is 1.88 bits per heavy atom. The smallest absolute Gasteiger partial charge is 0.267 e. The second-order valence-electron chi connectivity index (χ2n) is 9.61. The summed E-state index contributed by atoms with van der Waals surface area (Å²) in [5, 5.41) is 7.72. The van der Waals surface area contributed by atoms with Crippen molar-refractivity contribution in [3.05, 3.63) is 124 Å². The maximum absolute atomic E-state index is 14.2. The summed E-state index contributed by atoms with van der Waals surface area (Å²) in [6, 6.07) is 15.5. The van der Waals surface area contributed by atoms with Gasteiger partial charge in [0.25, 0.3) is 11.5 Å². The predicted octanol–water partition coefficient (Wildman–Crippen LogP) is 4.03. The number of allylic oxidation sites excluding steroid dienone is 4. The van der Waals surface area contributed by atoms with E-state index >= 15 is 0 Å². The van der Waals surface area contributed by atoms with E-state index < -0.39 is 6.04 Å². The van der Waals surface area contributed by atoms with Gasteiger partial charge in [-0.25, -0.2) is 14.5 Å². The first kappa shape index (κ1) is 25.6. The third-order valence-corrected chi connectivity index (χ3v) is 6.74. The van der Waals surface area contributed by atoms with E-state index in [-0.39, 0.29) is 17.2 Å². The molecule has 1 amide bonds. The molecule has 3 heterocycles. The van der Waals surface area contributed by atoms with Crippen LogP contribution < -0.4 is 10.9 Å². The van der Waals surface area contributed by atoms with Crippen LogP contribution in [0.2, 0.25) is 0 Å². The minimum absolute atomic E-state index is 0.0152. The van der Waals surface area contributed by atoms with Gasteiger partial charge in [0.2, 0.25) is 0 Å². The zero-order chi connectivity index (χ0) is 28.5. The lowest BCUT2D eigenvalue weighted by atomic mass is 10.0. The molecule has 9 heteroatoms. The molecule has 0 radical (unpaired) electrons. The number of ketones is 1. The molecule has 0 aliphatic heterocycles. The van der Waals surface area contributed by atoms with Crippen LogP contribution in [-0.2, 0) is 4.79 Å². The largest absolute Gasteiger partial charge is 0.342 e. The van der Waals surface area contributed by atoms with Crippen molar-refractivity contribution in [2.24, 2.45) is 0 Å². The van der Waals surface area contributed by atoms with E-state index in [9.17, 15) is 14.4 Å². The van der Waals surface area contributed by atoms with Gasteiger partial charge in [0.15, 0.2) is 11.4 Å². The van der Waals surface area contributed by atoms with Crippen molar-refractivity contribution in [1.29, 1.82) is 0 Å². The van der Waals surface area contributed by atoms with Crippen LogP contribution in [0.4, 0.5) is 0 Å². The van der Waals surface area contributed by atoms with Gasteiger partial charge < -0.3 is 5.32 Å². The van der Waals surface area contributed by atoms with Crippen molar-refractivity contribution in [2.45, 2.75) is 26.3 Å². The highest BCUT2D eigenvalue weighted by atomic mass is 16.2. The molecule has 1 N–H and O–H groups in total. The fraction of sp³-hybridized carbons (Fsp3) is 0.125. The Kier molecular flexibility index (Phi) is 6.57. The molecule has 0 saturated carbocycles. The first-order valence-corrected chi connectivity index (χ1v) is 13.1. The molecule has 2 aromatic carbocycles. The number of hydrogen-bond donors (Lipinski definition) is 1. The summed E-state index contributed by atoms with van der Waals surface area (Å²) >= 11 is 0. The van der Waals surface area contributed by atoms with E-state index in [1.54, 1.807) is 67.2 Å². The van der Waals surface area contributed by atoms with E-state index in [4.69, 9.17) is 4.98 Å². The van der Waals surface area contributed by atoms with Gasteiger partial charge in [-0.3, -0.25) is 19.0 Å². The van der Waals surface area contributed by atoms with E-state index in [0.29, 0.717) is 56.9 Å². The first-order chi connectivity index (χ1) is 19.9. The third kappa shape index (κ3) is 4.83. The summed E-state index contributed by atoms with van der Waals surface area (Å²) in [4.78, 5) is 48.6. The van der Waals surface area contributed by atoms with E-state index in [1.807, 2.05) is 30.3 Å². The highest BCUT2D eigenvalue weighted by Crippen LogP contribution is 2.22. The minimum Gasteiger partial charge on any atom is -0.342 e. The summed E-state index contributed by atoms with van der Waals surface area (Å²) in [6.45, 7) is 3.53. The van der Waals surface area contributed by atoms with Crippen LogP contribution in [0.25, 0.3) is 22.2 Å². The van der Waals surface area contributed by atoms with Crippen molar-refractivity contribution < 1.29 is 9.59 Å². The molecule has 41 heavy (non-hydrogen) atoms. The molecule has 1 aliphatic carbocycles. The van der Waals surface area contributed by atoms with Gasteiger partial charge in [-0.05, 0) is 56.3 Å². The standard InChI is InChI=1S/C32H24N6O3/c1-20-27(30-33-17-8-18-37(30)36-20)31(40)34-21(2)29-35-26-14-7-10-23(16-15-22-9-6-13-25(39)19-22)28(26)32(41)38(29)24-11-4-3-5-12-24/h3-12,14,17-19,21H,13H2,1-2H3,(H,34,40)/t21-/m1/s1. The fourth-order valence-electron chi connectivity index (χ4n) is 4.86. The lowest BCUT2D eigenvalue weighted by Crippen LogP contribution is -2.33. The van der Waals surface area contributed by atoms with Gasteiger partial charge >= 0.3 is 0 Å². The molecule has 0 spiro atoms. The fourth-order valence-corrected chi connectivity index (χ4v) is 4.86. The molecule has 5 aromatic rings. The summed E-state index contributed by atoms with van der Waals surface area (Å²) in [6.07, 6.45) is 8.76. The Hall–Kier alpha value is -5.62. The Morgan fingerprint density at radius 1 is 1.05 bits per heavy atom. The average Bonchev–Trinajstić information content (AvgIpc) is 3.32. The topological polar surface area (TPSA) is 111 Å². The number of carbonyl (C=O) groups is 2. The van der Waals surface area contributed by atoms with Crippen molar-refractivity contribution >= 4 is 28.2 Å². The average molecular weight is 541 g/mol. The highest BCUT2D eigenvalue weighted by molar-refractivity contribution is 6.01. The Labute approximate surface area is 234 Å². The van der Waals surface area contributed by atoms with Crippen LogP contribution in [0.3, 0.4) is 0 Å². The quantitative estimate of drug-likeness (QED) is 0.345. The van der Waals surface area contributed by atoms with Gasteiger partial charge in [0.05, 0.1) is 28.3 Å². The molecule has 9 nitrogen and oxygen atoms in total. The number of aromatic nitrogens is 5. The number of para-hydroxylation sites is 1. The molecule has 0 fully saturated rings. The third-order valence-electron chi connectivity index (χ3n) is 6.74. The van der Waals surface area contributed by atoms with E-state index in [2.05, 4.69) is 27.2 Å². The number of hydrogen-bond acceptors (Lipinski definition) is 6. The molecular formula is C32H24N6O3. The van der Waals surface area contributed by atoms with Crippen LogP contribution in [0.1, 0.15) is 46.8 Å². The van der Waals surface area contributed by atoms with Crippen molar-refractivity contribution in [3.8, 4) is 17.5 Å². The summed E-state index contributed by atoms with van der Waals surface area (Å²) in [5.41, 5.74) is 3.14. The van der Waals surface area contributed by atoms with Gasteiger partial charge in [-0.2, -0.15) is 5.10 Å². The molecule has 0 unspecified atom stereocenters. The van der Waals surface area contributed by atoms with Gasteiger partial charge in [-0.1, -0.05) is 42.2 Å². The number of nitrogens with one attached hydrogen (secondary N) is 1. The molecular weight excluding hydrogens is 516 g/mol. The summed E-state index contributed by atoms with van der Waals surface area (Å²) in [7, 11) is 0. The normalized spacial score (nSPS) is 13.5. The van der Waals surface area contributed by atoms with E-state index in [1.165, 1.54) is 10.6 Å². The number of nitrogens with zero attached hydrogens (tertiary/aromatic N) is 5. The molecule has 0 bridgehead atoms. The lowest BCUT2D eigenvalue weighted by Gasteiger charge is -2.20. The maximum atomic E-state index is 14.2. The molecule has 1 atom stereocenters. The van der Waals surface area contributed by atoms with Crippen molar-refractivity contribution in [3.63, 3.8) is 0 Å². The molecule has 200 valence electrons. The number of rotatable bonds is 4. The van der Waals surface area contributed by atoms with Crippen molar-refractivity contribution in [2.75, 3.05) is 0 Å². The van der Waals surface area contributed by atoms with Gasteiger partial charge in [0, 0.05) is 30.0 Å². The zero-order valence-corrected chi connectivity index (χ0v) is 22.3. The van der Waals surface area contributed by atoms with Crippen LogP contribution in [0.15, 0.2) is 95.6 Å². The number of fused-ring (bicyclic) bond motifs is 2. The molecule has 6 rings (SSSR count). The molecule has 1 aliphatic rings. The number of amides is 1. The van der Waals surface area contributed by atoms with Crippen LogP contribution in [-0.4, -0.2) is 35.8 Å². The Balaban J connectivity index is 1.47. The minimum atomic E-state index is -0.656. The second kappa shape index (κ2) is 10.5. The molecule has 3 aromatic heterocycles. The van der Waals surface area contributed by atoms with Gasteiger partial charge in [-0.15, -0.1) is 0 Å². The first-order valence-electron chi connectivity index (χ1n) is 13.1. The Bertz CT molecular complexity index is 2040. The Morgan fingerprint density at radius 3 is 2.68 bits per heavy atom. The zero-order valence-electron chi connectivity index (χ0n) is 22.3. The summed E-state index contributed by atoms with van der Waals surface area (Å²) in [5.74, 6) is 6.03. The highest BCUT2D eigenvalue weighted by Gasteiger charge is 2.24. The number of aryl methyl sites for hydroxylation is 1.